The normalized spacial score (nSPS) is 21.5. The Morgan fingerprint density at radius 3 is 1.77 bits per heavy atom. The van der Waals surface area contributed by atoms with Gasteiger partial charge in [0.25, 0.3) is 0 Å². The fraction of sp³-hybridized carbons (Fsp3) is 0.714. The number of nitrogens with zero attached hydrogens (tertiary/aromatic N) is 2. The highest BCUT2D eigenvalue weighted by Gasteiger charge is 2.56. The lowest BCUT2D eigenvalue weighted by Gasteiger charge is -2.28. The molecule has 0 aromatic carbocycles. The molecule has 6 heteroatoms. The molecule has 1 aliphatic rings. The second-order valence-electron chi connectivity index (χ2n) is 2.70. The van der Waals surface area contributed by atoms with Crippen molar-refractivity contribution in [1.82, 2.24) is 9.80 Å². The second kappa shape index (κ2) is 2.97. The van der Waals surface area contributed by atoms with E-state index in [-0.39, 0.29) is 0 Å². The Labute approximate surface area is 76.0 Å². The van der Waals surface area contributed by atoms with Crippen molar-refractivity contribution < 1.29 is 19.1 Å². The number of likely N-dealkylation sites (N-methyl/N-ethyl adjacent to an activating group) is 2. The van der Waals surface area contributed by atoms with E-state index < -0.39 is 17.8 Å². The molecule has 0 aromatic heterocycles. The van der Waals surface area contributed by atoms with E-state index in [2.05, 4.69) is 0 Å². The molecule has 1 rings (SSSR count). The molecule has 0 radical (unpaired) electrons. The van der Waals surface area contributed by atoms with E-state index in [4.69, 9.17) is 9.47 Å². The maximum absolute atomic E-state index is 11.5. The van der Waals surface area contributed by atoms with E-state index in [1.54, 1.807) is 0 Å². The van der Waals surface area contributed by atoms with Crippen LogP contribution in [0.25, 0.3) is 0 Å². The summed E-state index contributed by atoms with van der Waals surface area (Å²) in [5.41, 5.74) is 0. The van der Waals surface area contributed by atoms with Crippen molar-refractivity contribution in [2.45, 2.75) is 5.91 Å². The standard InChI is InChI=1S/C7H12N2O4/c1-8-5(10)7(12-3,13-4)9(2)6(8)11/h1-4H3. The van der Waals surface area contributed by atoms with Crippen LogP contribution in [0.4, 0.5) is 4.79 Å². The maximum atomic E-state index is 11.5. The summed E-state index contributed by atoms with van der Waals surface area (Å²) >= 11 is 0. The number of ether oxygens (including phenoxy) is 2. The van der Waals surface area contributed by atoms with Crippen LogP contribution in [0.5, 0.6) is 0 Å². The highest BCUT2D eigenvalue weighted by Crippen LogP contribution is 2.26. The minimum atomic E-state index is -1.59. The summed E-state index contributed by atoms with van der Waals surface area (Å²) in [6, 6.07) is -0.450. The van der Waals surface area contributed by atoms with Crippen LogP contribution < -0.4 is 0 Å². The zero-order valence-corrected chi connectivity index (χ0v) is 8.03. The number of carbonyl (C=O) groups is 2. The first-order valence-electron chi connectivity index (χ1n) is 3.67. The van der Waals surface area contributed by atoms with E-state index in [0.29, 0.717) is 0 Å². The highest BCUT2D eigenvalue weighted by molar-refractivity contribution is 6.04. The summed E-state index contributed by atoms with van der Waals surface area (Å²) in [5, 5.41) is 0. The lowest BCUT2D eigenvalue weighted by atomic mass is 10.4. The smallest absolute Gasteiger partial charge is 0.328 e. The topological polar surface area (TPSA) is 59.1 Å². The van der Waals surface area contributed by atoms with Gasteiger partial charge in [-0.1, -0.05) is 0 Å². The van der Waals surface area contributed by atoms with Crippen molar-refractivity contribution in [2.24, 2.45) is 0 Å². The van der Waals surface area contributed by atoms with Crippen molar-refractivity contribution in [2.75, 3.05) is 28.3 Å². The number of imide groups is 1. The number of amides is 3. The molecule has 1 saturated heterocycles. The Kier molecular flexibility index (Phi) is 2.27. The van der Waals surface area contributed by atoms with E-state index in [1.807, 2.05) is 0 Å². The Balaban J connectivity index is 3.11. The molecule has 0 N–H and O–H groups in total. The monoisotopic (exact) mass is 188 g/mol. The average molecular weight is 188 g/mol. The van der Waals surface area contributed by atoms with Gasteiger partial charge in [0.05, 0.1) is 0 Å². The third-order valence-electron chi connectivity index (χ3n) is 2.14. The fourth-order valence-corrected chi connectivity index (χ4v) is 1.32. The van der Waals surface area contributed by atoms with Crippen LogP contribution in [0.2, 0.25) is 0 Å². The molecule has 13 heavy (non-hydrogen) atoms. The molecule has 6 nitrogen and oxygen atoms in total. The van der Waals surface area contributed by atoms with Gasteiger partial charge < -0.3 is 9.47 Å². The van der Waals surface area contributed by atoms with Crippen LogP contribution in [0.1, 0.15) is 0 Å². The zero-order valence-electron chi connectivity index (χ0n) is 8.03. The fourth-order valence-electron chi connectivity index (χ4n) is 1.32. The summed E-state index contributed by atoms with van der Waals surface area (Å²) < 4.78 is 9.81. The van der Waals surface area contributed by atoms with E-state index >= 15 is 0 Å². The minimum Gasteiger partial charge on any atom is -0.328 e. The van der Waals surface area contributed by atoms with Gasteiger partial charge in [-0.25, -0.2) is 4.79 Å². The van der Waals surface area contributed by atoms with Crippen molar-refractivity contribution in [3.63, 3.8) is 0 Å². The van der Waals surface area contributed by atoms with Gasteiger partial charge >= 0.3 is 17.8 Å². The first kappa shape index (κ1) is 9.94. The number of hydrogen-bond donors (Lipinski definition) is 0. The molecule has 0 unspecified atom stereocenters. The first-order chi connectivity index (χ1) is 6.01. The molecule has 0 aromatic rings. The number of carbonyl (C=O) groups excluding carboxylic acids is 2. The number of hydrogen-bond acceptors (Lipinski definition) is 4. The molecule has 0 bridgehead atoms. The van der Waals surface area contributed by atoms with Gasteiger partial charge in [-0.2, -0.15) is 0 Å². The summed E-state index contributed by atoms with van der Waals surface area (Å²) in [4.78, 5) is 24.9. The van der Waals surface area contributed by atoms with Crippen LogP contribution in [0, 0.1) is 0 Å². The Bertz CT molecular complexity index is 249. The lowest BCUT2D eigenvalue weighted by Crippen LogP contribution is -2.51. The van der Waals surface area contributed by atoms with Crippen LogP contribution >= 0.6 is 0 Å². The maximum Gasteiger partial charge on any atom is 0.339 e. The quantitative estimate of drug-likeness (QED) is 0.431. The molecule has 1 heterocycles. The van der Waals surface area contributed by atoms with Gasteiger partial charge in [0.1, 0.15) is 0 Å². The van der Waals surface area contributed by atoms with Gasteiger partial charge in [0.15, 0.2) is 0 Å². The van der Waals surface area contributed by atoms with Gasteiger partial charge in [0, 0.05) is 28.3 Å². The van der Waals surface area contributed by atoms with Gasteiger partial charge in [-0.15, -0.1) is 0 Å². The van der Waals surface area contributed by atoms with Crippen molar-refractivity contribution in [3.8, 4) is 0 Å². The molecule has 0 aliphatic carbocycles. The summed E-state index contributed by atoms with van der Waals surface area (Å²) in [7, 11) is 5.44. The Morgan fingerprint density at radius 2 is 1.62 bits per heavy atom. The molecule has 0 saturated carbocycles. The van der Waals surface area contributed by atoms with Crippen LogP contribution in [-0.2, 0) is 14.3 Å². The molecule has 0 spiro atoms. The Morgan fingerprint density at radius 1 is 1.15 bits per heavy atom. The number of methoxy groups -OCH3 is 2. The van der Waals surface area contributed by atoms with Crippen LogP contribution in [0.15, 0.2) is 0 Å². The number of urea groups is 1. The lowest BCUT2D eigenvalue weighted by molar-refractivity contribution is -0.248. The molecular weight excluding hydrogens is 176 g/mol. The van der Waals surface area contributed by atoms with E-state index in [0.717, 1.165) is 9.80 Å². The predicted molar refractivity (Wildman–Crippen MR) is 42.7 cm³/mol. The van der Waals surface area contributed by atoms with Gasteiger partial charge in [-0.05, 0) is 0 Å². The van der Waals surface area contributed by atoms with Crippen LogP contribution in [0.3, 0.4) is 0 Å². The Hall–Kier alpha value is -1.14. The molecule has 0 atom stereocenters. The molecule has 74 valence electrons. The van der Waals surface area contributed by atoms with Crippen molar-refractivity contribution in [3.05, 3.63) is 0 Å². The second-order valence-corrected chi connectivity index (χ2v) is 2.70. The van der Waals surface area contributed by atoms with Crippen LogP contribution in [-0.4, -0.2) is 56.0 Å². The SMILES string of the molecule is COC1(OC)C(=O)N(C)C(=O)N1C. The third kappa shape index (κ3) is 1.02. The van der Waals surface area contributed by atoms with Crippen molar-refractivity contribution >= 4 is 11.9 Å². The largest absolute Gasteiger partial charge is 0.339 e. The van der Waals surface area contributed by atoms with Gasteiger partial charge in [-0.3, -0.25) is 14.6 Å². The van der Waals surface area contributed by atoms with E-state index in [1.165, 1.54) is 28.3 Å². The first-order valence-corrected chi connectivity index (χ1v) is 3.67. The molecular formula is C7H12N2O4. The average Bonchev–Trinajstić information content (AvgIpc) is 2.31. The highest BCUT2D eigenvalue weighted by atomic mass is 16.7. The van der Waals surface area contributed by atoms with E-state index in [9.17, 15) is 9.59 Å². The zero-order chi connectivity index (χ0) is 10.2. The molecule has 3 amide bonds. The molecule has 1 aliphatic heterocycles. The summed E-state index contributed by atoms with van der Waals surface area (Å²) in [6.07, 6.45) is 0. The number of rotatable bonds is 2. The third-order valence-corrected chi connectivity index (χ3v) is 2.14. The predicted octanol–water partition coefficient (Wildman–Crippen LogP) is -0.543. The summed E-state index contributed by atoms with van der Waals surface area (Å²) in [6.45, 7) is 0. The summed E-state index contributed by atoms with van der Waals surface area (Å²) in [5.74, 6) is -2.11. The minimum absolute atomic E-state index is 0.450. The van der Waals surface area contributed by atoms with Gasteiger partial charge in [0.2, 0.25) is 0 Å². The van der Waals surface area contributed by atoms with Crippen molar-refractivity contribution in [1.29, 1.82) is 0 Å². The molecule has 1 fully saturated rings.